The lowest BCUT2D eigenvalue weighted by atomic mass is 10.0. The largest absolute Gasteiger partial charge is 0.383 e. The molecule has 0 radical (unpaired) electrons. The van der Waals surface area contributed by atoms with E-state index in [1.165, 1.54) is 23.1 Å². The summed E-state index contributed by atoms with van der Waals surface area (Å²) in [5, 5.41) is 12.2. The number of piperazine rings is 1. The second-order valence-electron chi connectivity index (χ2n) is 7.33. The average Bonchev–Trinajstić information content (AvgIpc) is 3.23. The van der Waals surface area contributed by atoms with Crippen LogP contribution in [0.4, 0.5) is 14.5 Å². The van der Waals surface area contributed by atoms with Crippen molar-refractivity contribution in [1.29, 1.82) is 0 Å². The zero-order valence-electron chi connectivity index (χ0n) is 16.8. The number of ether oxygens (including phenoxy) is 1. The van der Waals surface area contributed by atoms with E-state index in [4.69, 9.17) is 4.74 Å². The summed E-state index contributed by atoms with van der Waals surface area (Å²) in [5.41, 5.74) is 1.57. The average molecular weight is 415 g/mol. The minimum absolute atomic E-state index is 0.245. The van der Waals surface area contributed by atoms with Gasteiger partial charge in [-0.15, -0.1) is 5.10 Å². The number of methoxy groups -OCH3 is 1. The van der Waals surface area contributed by atoms with Crippen LogP contribution in [0.25, 0.3) is 0 Å². The molecular weight excluding hydrogens is 390 g/mol. The van der Waals surface area contributed by atoms with E-state index in [-0.39, 0.29) is 17.7 Å². The van der Waals surface area contributed by atoms with Crippen molar-refractivity contribution < 1.29 is 18.4 Å². The molecule has 2 heterocycles. The lowest BCUT2D eigenvalue weighted by Crippen LogP contribution is -3.15. The fourth-order valence-corrected chi connectivity index (χ4v) is 4.00. The van der Waals surface area contributed by atoms with Crippen LogP contribution in [0.3, 0.4) is 0 Å². The van der Waals surface area contributed by atoms with Gasteiger partial charge >= 0.3 is 0 Å². The Balaban J connectivity index is 1.59. The second-order valence-corrected chi connectivity index (χ2v) is 7.33. The molecule has 1 atom stereocenters. The Hall–Kier alpha value is -2.91. The topological polar surface area (TPSA) is 60.5 Å². The maximum absolute atomic E-state index is 14.8. The van der Waals surface area contributed by atoms with E-state index in [1.807, 2.05) is 6.07 Å². The van der Waals surface area contributed by atoms with Crippen molar-refractivity contribution in [2.75, 3.05) is 44.8 Å². The van der Waals surface area contributed by atoms with Crippen LogP contribution in [0, 0.1) is 11.6 Å². The Morgan fingerprint density at radius 1 is 1.07 bits per heavy atom. The van der Waals surface area contributed by atoms with E-state index in [0.29, 0.717) is 24.5 Å². The monoisotopic (exact) mass is 415 g/mol. The maximum atomic E-state index is 14.8. The van der Waals surface area contributed by atoms with E-state index in [1.54, 1.807) is 36.1 Å². The number of hydrogen-bond acceptors (Lipinski definition) is 5. The highest BCUT2D eigenvalue weighted by Gasteiger charge is 2.35. The summed E-state index contributed by atoms with van der Waals surface area (Å²) < 4.78 is 34.9. The predicted octanol–water partition coefficient (Wildman–Crippen LogP) is 1.09. The first-order valence-electron chi connectivity index (χ1n) is 10.0. The van der Waals surface area contributed by atoms with Gasteiger partial charge in [0.1, 0.15) is 11.6 Å². The maximum Gasteiger partial charge on any atom is 0.214 e. The minimum atomic E-state index is -0.326. The third-order valence-electron chi connectivity index (χ3n) is 5.55. The highest BCUT2D eigenvalue weighted by Crippen LogP contribution is 2.21. The molecule has 0 amide bonds. The smallest absolute Gasteiger partial charge is 0.214 e. The summed E-state index contributed by atoms with van der Waals surface area (Å²) in [5.74, 6) is 0.116. The number of rotatable bonds is 7. The Kier molecular flexibility index (Phi) is 6.29. The van der Waals surface area contributed by atoms with Crippen molar-refractivity contribution in [3.63, 3.8) is 0 Å². The first-order chi connectivity index (χ1) is 14.7. The standard InChI is InChI=1S/C21H24F2N6O/c1-30-15-14-29-21(24-25-26-29)20(18-4-2-3-5-19(18)23)28-12-10-27(11-13-28)17-8-6-16(22)7-9-17/h2-9,20H,10-15H2,1H3/p+1/t20-/m0/s1. The number of tetrazole rings is 1. The number of anilines is 1. The Morgan fingerprint density at radius 3 is 2.50 bits per heavy atom. The Morgan fingerprint density at radius 2 is 1.80 bits per heavy atom. The number of nitrogens with one attached hydrogen (secondary N) is 1. The van der Waals surface area contributed by atoms with Gasteiger partial charge in [0.15, 0.2) is 6.04 Å². The summed E-state index contributed by atoms with van der Waals surface area (Å²) in [7, 11) is 1.62. The number of halogens is 2. The number of hydrogen-bond donors (Lipinski definition) is 1. The number of quaternary nitrogens is 1. The summed E-state index contributed by atoms with van der Waals surface area (Å²) in [6.45, 7) is 4.05. The molecular formula is C21H25F2N6O+. The van der Waals surface area contributed by atoms with Gasteiger partial charge in [0.05, 0.1) is 44.9 Å². The van der Waals surface area contributed by atoms with Gasteiger partial charge in [-0.1, -0.05) is 12.1 Å². The van der Waals surface area contributed by atoms with E-state index >= 15 is 0 Å². The summed E-state index contributed by atoms with van der Waals surface area (Å²) >= 11 is 0. The van der Waals surface area contributed by atoms with E-state index in [0.717, 1.165) is 31.9 Å². The number of aromatic nitrogens is 4. The molecule has 1 N–H and O–H groups in total. The first-order valence-corrected chi connectivity index (χ1v) is 10.0. The van der Waals surface area contributed by atoms with Crippen LogP contribution in [0.5, 0.6) is 0 Å². The Labute approximate surface area is 173 Å². The van der Waals surface area contributed by atoms with Crippen LogP contribution < -0.4 is 9.80 Å². The molecule has 0 saturated carbocycles. The van der Waals surface area contributed by atoms with Gasteiger partial charge in [-0.25, -0.2) is 13.5 Å². The normalized spacial score (nSPS) is 16.0. The summed E-state index contributed by atoms with van der Waals surface area (Å²) in [4.78, 5) is 3.40. The second kappa shape index (κ2) is 9.27. The molecule has 30 heavy (non-hydrogen) atoms. The molecule has 9 heteroatoms. The van der Waals surface area contributed by atoms with Gasteiger partial charge in [-0.2, -0.15) is 0 Å². The molecule has 1 saturated heterocycles. The van der Waals surface area contributed by atoms with Gasteiger partial charge in [0, 0.05) is 12.8 Å². The summed E-state index contributed by atoms with van der Waals surface area (Å²) in [6.07, 6.45) is 0. The van der Waals surface area contributed by atoms with E-state index in [9.17, 15) is 8.78 Å². The fraction of sp³-hybridized carbons (Fsp3) is 0.381. The van der Waals surface area contributed by atoms with Crippen LogP contribution >= 0.6 is 0 Å². The fourth-order valence-electron chi connectivity index (χ4n) is 4.00. The predicted molar refractivity (Wildman–Crippen MR) is 107 cm³/mol. The minimum Gasteiger partial charge on any atom is -0.383 e. The third kappa shape index (κ3) is 4.31. The summed E-state index contributed by atoms with van der Waals surface area (Å²) in [6, 6.07) is 13.0. The molecule has 1 fully saturated rings. The van der Waals surface area contributed by atoms with Crippen LogP contribution in [0.15, 0.2) is 48.5 Å². The lowest BCUT2D eigenvalue weighted by molar-refractivity contribution is -0.927. The van der Waals surface area contributed by atoms with Crippen LogP contribution in [-0.2, 0) is 11.3 Å². The molecule has 0 unspecified atom stereocenters. The van der Waals surface area contributed by atoms with Gasteiger partial charge in [0.25, 0.3) is 0 Å². The van der Waals surface area contributed by atoms with Crippen LogP contribution in [0.1, 0.15) is 17.4 Å². The highest BCUT2D eigenvalue weighted by molar-refractivity contribution is 5.46. The highest BCUT2D eigenvalue weighted by atomic mass is 19.1. The molecule has 7 nitrogen and oxygen atoms in total. The third-order valence-corrected chi connectivity index (χ3v) is 5.55. The molecule has 158 valence electrons. The lowest BCUT2D eigenvalue weighted by Gasteiger charge is -2.37. The van der Waals surface area contributed by atoms with E-state index in [2.05, 4.69) is 20.4 Å². The molecule has 1 aliphatic rings. The van der Waals surface area contributed by atoms with Gasteiger partial charge in [-0.3, -0.25) is 0 Å². The molecule has 0 bridgehead atoms. The van der Waals surface area contributed by atoms with Gasteiger partial charge in [-0.05, 0) is 46.8 Å². The van der Waals surface area contributed by atoms with Crippen molar-refractivity contribution in [2.45, 2.75) is 12.6 Å². The number of benzene rings is 2. The van der Waals surface area contributed by atoms with E-state index < -0.39 is 0 Å². The zero-order valence-corrected chi connectivity index (χ0v) is 16.8. The van der Waals surface area contributed by atoms with Crippen molar-refractivity contribution in [3.05, 3.63) is 71.6 Å². The molecule has 0 spiro atoms. The van der Waals surface area contributed by atoms with Crippen LogP contribution in [-0.4, -0.2) is 60.1 Å². The molecule has 4 rings (SSSR count). The number of nitrogens with zero attached hydrogens (tertiary/aromatic N) is 5. The van der Waals surface area contributed by atoms with Crippen molar-refractivity contribution in [2.24, 2.45) is 0 Å². The molecule has 3 aromatic rings. The van der Waals surface area contributed by atoms with Gasteiger partial charge in [0.2, 0.25) is 5.82 Å². The zero-order chi connectivity index (χ0) is 20.9. The molecule has 1 aliphatic heterocycles. The van der Waals surface area contributed by atoms with Crippen molar-refractivity contribution in [3.8, 4) is 0 Å². The molecule has 0 aliphatic carbocycles. The SMILES string of the molecule is COCCn1nnnc1[C@H](c1ccccc1F)[NH+]1CCN(c2ccc(F)cc2)CC1. The van der Waals surface area contributed by atoms with Crippen LogP contribution in [0.2, 0.25) is 0 Å². The Bertz CT molecular complexity index is 956. The first kappa shape index (κ1) is 20.4. The quantitative estimate of drug-likeness (QED) is 0.626. The van der Waals surface area contributed by atoms with Crippen molar-refractivity contribution in [1.82, 2.24) is 20.2 Å². The van der Waals surface area contributed by atoms with Gasteiger partial charge < -0.3 is 14.5 Å². The molecule has 2 aromatic carbocycles. The molecule has 1 aromatic heterocycles. The van der Waals surface area contributed by atoms with Crippen molar-refractivity contribution >= 4 is 5.69 Å².